The molecule has 0 radical (unpaired) electrons. The molecule has 1 aromatic carbocycles. The van der Waals surface area contributed by atoms with Gasteiger partial charge in [-0.05, 0) is 99.2 Å². The van der Waals surface area contributed by atoms with Gasteiger partial charge in [-0.25, -0.2) is 0 Å². The Hall–Kier alpha value is -1.82. The van der Waals surface area contributed by atoms with Crippen molar-refractivity contribution in [1.29, 1.82) is 0 Å². The molecule has 0 atom stereocenters. The fourth-order valence-corrected chi connectivity index (χ4v) is 5.85. The summed E-state index contributed by atoms with van der Waals surface area (Å²) in [7, 11) is 0. The standard InChI is InChI=1S/C20H27N3O2S/c1-2-25-18-8-13(3-4-17(18)24)12-21-23-19(26)22-20-9-14-5-15(10-20)7-16(6-14)11-20/h3-4,8,12,14-16,24H,2,5-7,9-11H2,1H3,(H2,22,23,26)/b21-12+. The number of phenolic OH excluding ortho intramolecular Hbond substituents is 1. The molecule has 0 aliphatic heterocycles. The molecule has 0 saturated heterocycles. The van der Waals surface area contributed by atoms with Crippen LogP contribution in [-0.4, -0.2) is 28.6 Å². The molecule has 0 spiro atoms. The monoisotopic (exact) mass is 373 g/mol. The molecule has 140 valence electrons. The van der Waals surface area contributed by atoms with Crippen LogP contribution >= 0.6 is 12.2 Å². The number of rotatable bonds is 5. The van der Waals surface area contributed by atoms with Crippen molar-refractivity contribution in [2.75, 3.05) is 6.61 Å². The van der Waals surface area contributed by atoms with E-state index in [1.807, 2.05) is 6.92 Å². The zero-order valence-electron chi connectivity index (χ0n) is 15.2. The normalized spacial score (nSPS) is 32.0. The predicted molar refractivity (Wildman–Crippen MR) is 107 cm³/mol. The maximum absolute atomic E-state index is 9.75. The maximum Gasteiger partial charge on any atom is 0.187 e. The molecule has 5 nitrogen and oxygen atoms in total. The predicted octanol–water partition coefficient (Wildman–Crippen LogP) is 3.56. The van der Waals surface area contributed by atoms with Gasteiger partial charge in [0.05, 0.1) is 12.8 Å². The quantitative estimate of drug-likeness (QED) is 0.418. The Balaban J connectivity index is 1.34. The van der Waals surface area contributed by atoms with Crippen LogP contribution in [0.4, 0.5) is 0 Å². The van der Waals surface area contributed by atoms with Crippen LogP contribution in [0, 0.1) is 17.8 Å². The number of hydrogen-bond acceptors (Lipinski definition) is 4. The largest absolute Gasteiger partial charge is 0.504 e. The van der Waals surface area contributed by atoms with E-state index in [2.05, 4.69) is 15.8 Å². The second-order valence-electron chi connectivity index (χ2n) is 8.18. The molecule has 4 saturated carbocycles. The van der Waals surface area contributed by atoms with Crippen LogP contribution in [0.25, 0.3) is 0 Å². The molecule has 4 fully saturated rings. The van der Waals surface area contributed by atoms with E-state index in [1.165, 1.54) is 38.5 Å². The highest BCUT2D eigenvalue weighted by atomic mass is 32.1. The number of benzene rings is 1. The van der Waals surface area contributed by atoms with E-state index in [0.717, 1.165) is 23.3 Å². The van der Waals surface area contributed by atoms with Crippen LogP contribution in [0.1, 0.15) is 51.0 Å². The Kier molecular flexibility index (Phi) is 4.78. The minimum absolute atomic E-state index is 0.135. The third-order valence-corrected chi connectivity index (χ3v) is 6.27. The molecular formula is C20H27N3O2S. The van der Waals surface area contributed by atoms with Crippen molar-refractivity contribution >= 4 is 23.5 Å². The first-order valence-electron chi connectivity index (χ1n) is 9.62. The highest BCUT2D eigenvalue weighted by Gasteiger charge is 2.51. The third kappa shape index (κ3) is 3.65. The molecule has 3 N–H and O–H groups in total. The Morgan fingerprint density at radius 3 is 2.54 bits per heavy atom. The van der Waals surface area contributed by atoms with E-state index >= 15 is 0 Å². The van der Waals surface area contributed by atoms with Crippen molar-refractivity contribution < 1.29 is 9.84 Å². The van der Waals surface area contributed by atoms with Gasteiger partial charge in [-0.3, -0.25) is 5.43 Å². The number of phenols is 1. The van der Waals surface area contributed by atoms with Crippen molar-refractivity contribution in [2.45, 2.75) is 51.0 Å². The van der Waals surface area contributed by atoms with Crippen LogP contribution in [0.2, 0.25) is 0 Å². The zero-order chi connectivity index (χ0) is 18.1. The summed E-state index contributed by atoms with van der Waals surface area (Å²) in [5, 5.41) is 18.2. The van der Waals surface area contributed by atoms with Crippen molar-refractivity contribution in [1.82, 2.24) is 10.7 Å². The average molecular weight is 374 g/mol. The molecule has 0 amide bonds. The summed E-state index contributed by atoms with van der Waals surface area (Å²) in [6.07, 6.45) is 9.70. The van der Waals surface area contributed by atoms with Crippen LogP contribution < -0.4 is 15.5 Å². The first kappa shape index (κ1) is 17.6. The van der Waals surface area contributed by atoms with Crippen molar-refractivity contribution in [2.24, 2.45) is 22.9 Å². The molecule has 26 heavy (non-hydrogen) atoms. The van der Waals surface area contributed by atoms with Crippen LogP contribution in [-0.2, 0) is 0 Å². The number of hydrogen-bond donors (Lipinski definition) is 3. The molecule has 5 rings (SSSR count). The molecule has 0 aromatic heterocycles. The zero-order valence-corrected chi connectivity index (χ0v) is 16.0. The average Bonchev–Trinajstić information content (AvgIpc) is 2.56. The summed E-state index contributed by atoms with van der Waals surface area (Å²) < 4.78 is 5.39. The summed E-state index contributed by atoms with van der Waals surface area (Å²) in [4.78, 5) is 0. The van der Waals surface area contributed by atoms with Gasteiger partial charge in [0.2, 0.25) is 0 Å². The smallest absolute Gasteiger partial charge is 0.187 e. The van der Waals surface area contributed by atoms with Gasteiger partial charge in [0.15, 0.2) is 16.6 Å². The summed E-state index contributed by atoms with van der Waals surface area (Å²) >= 11 is 5.49. The van der Waals surface area contributed by atoms with Gasteiger partial charge in [0, 0.05) is 5.54 Å². The number of hydrazone groups is 1. The van der Waals surface area contributed by atoms with Gasteiger partial charge in [-0.1, -0.05) is 0 Å². The van der Waals surface area contributed by atoms with E-state index in [0.29, 0.717) is 17.5 Å². The maximum atomic E-state index is 9.75. The summed E-state index contributed by atoms with van der Waals surface area (Å²) in [5.41, 5.74) is 3.99. The van der Waals surface area contributed by atoms with Crippen molar-refractivity contribution in [3.05, 3.63) is 23.8 Å². The molecule has 0 unspecified atom stereocenters. The van der Waals surface area contributed by atoms with Crippen molar-refractivity contribution in [3.8, 4) is 11.5 Å². The molecule has 0 heterocycles. The summed E-state index contributed by atoms with van der Waals surface area (Å²) in [6.45, 7) is 2.39. The molecular weight excluding hydrogens is 346 g/mol. The second-order valence-corrected chi connectivity index (χ2v) is 8.59. The first-order chi connectivity index (χ1) is 12.5. The molecule has 1 aromatic rings. The minimum Gasteiger partial charge on any atom is -0.504 e. The SMILES string of the molecule is CCOc1cc(/C=N/NC(=S)NC23CC4CC(CC(C4)C2)C3)ccc1O. The topological polar surface area (TPSA) is 65.9 Å². The Labute approximate surface area is 160 Å². The Morgan fingerprint density at radius 2 is 1.92 bits per heavy atom. The summed E-state index contributed by atoms with van der Waals surface area (Å²) in [5.74, 6) is 3.25. The highest BCUT2D eigenvalue weighted by Crippen LogP contribution is 2.55. The van der Waals surface area contributed by atoms with E-state index in [4.69, 9.17) is 17.0 Å². The van der Waals surface area contributed by atoms with Crippen LogP contribution in [0.3, 0.4) is 0 Å². The van der Waals surface area contributed by atoms with Crippen molar-refractivity contribution in [3.63, 3.8) is 0 Å². The van der Waals surface area contributed by atoms with E-state index in [1.54, 1.807) is 24.4 Å². The van der Waals surface area contributed by atoms with Gasteiger partial charge in [0.25, 0.3) is 0 Å². The van der Waals surface area contributed by atoms with Gasteiger partial charge >= 0.3 is 0 Å². The fraction of sp³-hybridized carbons (Fsp3) is 0.600. The van der Waals surface area contributed by atoms with Gasteiger partial charge < -0.3 is 15.2 Å². The van der Waals surface area contributed by atoms with Gasteiger partial charge in [-0.15, -0.1) is 0 Å². The number of nitrogens with zero attached hydrogens (tertiary/aromatic N) is 1. The molecule has 4 aliphatic carbocycles. The fourth-order valence-electron chi connectivity index (χ4n) is 5.58. The van der Waals surface area contributed by atoms with E-state index < -0.39 is 0 Å². The molecule has 6 heteroatoms. The lowest BCUT2D eigenvalue weighted by Crippen LogP contribution is -2.61. The highest BCUT2D eigenvalue weighted by molar-refractivity contribution is 7.80. The number of aromatic hydroxyl groups is 1. The van der Waals surface area contributed by atoms with Crippen LogP contribution in [0.15, 0.2) is 23.3 Å². The lowest BCUT2D eigenvalue weighted by molar-refractivity contribution is -0.0101. The Morgan fingerprint density at radius 1 is 1.27 bits per heavy atom. The lowest BCUT2D eigenvalue weighted by Gasteiger charge is -2.57. The minimum atomic E-state index is 0.135. The lowest BCUT2D eigenvalue weighted by atomic mass is 9.53. The number of thiocarbonyl (C=S) groups is 1. The van der Waals surface area contributed by atoms with Gasteiger partial charge in [0.1, 0.15) is 0 Å². The third-order valence-electron chi connectivity index (χ3n) is 6.08. The first-order valence-corrected chi connectivity index (χ1v) is 10.0. The number of ether oxygens (including phenoxy) is 1. The van der Waals surface area contributed by atoms with E-state index in [-0.39, 0.29) is 11.3 Å². The number of nitrogens with one attached hydrogen (secondary N) is 2. The van der Waals surface area contributed by atoms with E-state index in [9.17, 15) is 5.11 Å². The second kappa shape index (κ2) is 7.06. The van der Waals surface area contributed by atoms with Crippen LogP contribution in [0.5, 0.6) is 11.5 Å². The van der Waals surface area contributed by atoms with Gasteiger partial charge in [-0.2, -0.15) is 5.10 Å². The summed E-state index contributed by atoms with van der Waals surface area (Å²) in [6, 6.07) is 5.16. The molecule has 4 bridgehead atoms. The molecule has 4 aliphatic rings. The Bertz CT molecular complexity index is 684.